The van der Waals surface area contributed by atoms with Crippen LogP contribution < -0.4 is 5.73 Å². The lowest BCUT2D eigenvalue weighted by Gasteiger charge is -2.34. The number of ether oxygens (including phenoxy) is 1. The Labute approximate surface area is 156 Å². The van der Waals surface area contributed by atoms with E-state index in [-0.39, 0.29) is 30.0 Å². The van der Waals surface area contributed by atoms with Crippen LogP contribution in [0.1, 0.15) is 25.5 Å². The van der Waals surface area contributed by atoms with Crippen molar-refractivity contribution in [3.8, 4) is 0 Å². The molecule has 0 bridgehead atoms. The maximum absolute atomic E-state index is 6.13. The Morgan fingerprint density at radius 1 is 1.22 bits per heavy atom. The predicted molar refractivity (Wildman–Crippen MR) is 106 cm³/mol. The molecule has 2 rings (SSSR count). The molecule has 23 heavy (non-hydrogen) atoms. The van der Waals surface area contributed by atoms with E-state index in [1.807, 2.05) is 6.07 Å². The van der Waals surface area contributed by atoms with E-state index >= 15 is 0 Å². The van der Waals surface area contributed by atoms with Crippen LogP contribution in [0.4, 0.5) is 0 Å². The zero-order valence-corrected chi connectivity index (χ0v) is 16.5. The van der Waals surface area contributed by atoms with E-state index in [2.05, 4.69) is 52.9 Å². The van der Waals surface area contributed by atoms with Gasteiger partial charge in [-0.3, -0.25) is 9.89 Å². The molecule has 1 atom stereocenters. The molecule has 130 valence electrons. The number of nitrogens with zero attached hydrogens (tertiary/aromatic N) is 3. The monoisotopic (exact) mass is 432 g/mol. The summed E-state index contributed by atoms with van der Waals surface area (Å²) in [5.41, 5.74) is 7.42. The van der Waals surface area contributed by atoms with E-state index in [0.29, 0.717) is 12.5 Å². The Morgan fingerprint density at radius 3 is 2.39 bits per heavy atom. The van der Waals surface area contributed by atoms with E-state index < -0.39 is 0 Å². The summed E-state index contributed by atoms with van der Waals surface area (Å²) in [5.74, 6) is 0.638. The summed E-state index contributed by atoms with van der Waals surface area (Å²) in [6, 6.07) is 10.8. The molecule has 2 N–H and O–H groups in total. The molecule has 1 aromatic carbocycles. The van der Waals surface area contributed by atoms with Crippen molar-refractivity contribution in [3.05, 3.63) is 35.9 Å². The summed E-state index contributed by atoms with van der Waals surface area (Å²) in [6.45, 7) is 10.1. The maximum Gasteiger partial charge on any atom is 0.191 e. The Kier molecular flexibility index (Phi) is 9.50. The van der Waals surface area contributed by atoms with Gasteiger partial charge in [-0.25, -0.2) is 0 Å². The van der Waals surface area contributed by atoms with Gasteiger partial charge in [-0.1, -0.05) is 30.3 Å². The second-order valence-electron chi connectivity index (χ2n) is 5.45. The number of hydrogen-bond donors (Lipinski definition) is 1. The van der Waals surface area contributed by atoms with Crippen molar-refractivity contribution < 1.29 is 4.74 Å². The lowest BCUT2D eigenvalue weighted by atomic mass is 10.1. The van der Waals surface area contributed by atoms with Gasteiger partial charge < -0.3 is 15.4 Å². The van der Waals surface area contributed by atoms with Crippen LogP contribution in [0.3, 0.4) is 0 Å². The lowest BCUT2D eigenvalue weighted by Crippen LogP contribution is -2.41. The van der Waals surface area contributed by atoms with E-state index in [1.54, 1.807) is 0 Å². The largest absolute Gasteiger partial charge is 0.379 e. The molecule has 1 aliphatic rings. The molecule has 1 unspecified atom stereocenters. The molecule has 0 radical (unpaired) electrons. The summed E-state index contributed by atoms with van der Waals surface area (Å²) in [6.07, 6.45) is 0. The Balaban J connectivity index is 0.00000264. The van der Waals surface area contributed by atoms with Crippen LogP contribution in [0.2, 0.25) is 0 Å². The number of rotatable bonds is 6. The van der Waals surface area contributed by atoms with Crippen molar-refractivity contribution in [2.45, 2.75) is 19.9 Å². The van der Waals surface area contributed by atoms with Gasteiger partial charge in [0.05, 0.1) is 25.8 Å². The molecule has 1 aromatic rings. The van der Waals surface area contributed by atoms with Crippen LogP contribution in [0, 0.1) is 0 Å². The molecule has 5 nitrogen and oxygen atoms in total. The Bertz CT molecular complexity index is 459. The molecule has 1 fully saturated rings. The van der Waals surface area contributed by atoms with Gasteiger partial charge in [-0.05, 0) is 19.4 Å². The number of nitrogens with two attached hydrogens (primary N) is 1. The summed E-state index contributed by atoms with van der Waals surface area (Å²) in [7, 11) is 0. The fourth-order valence-corrected chi connectivity index (χ4v) is 2.82. The van der Waals surface area contributed by atoms with Crippen LogP contribution in [-0.2, 0) is 4.74 Å². The van der Waals surface area contributed by atoms with Gasteiger partial charge in [0.25, 0.3) is 0 Å². The molecule has 0 aliphatic carbocycles. The first-order valence-electron chi connectivity index (χ1n) is 8.17. The highest BCUT2D eigenvalue weighted by Gasteiger charge is 2.22. The number of morpholine rings is 1. The number of guanidine groups is 1. The van der Waals surface area contributed by atoms with Crippen LogP contribution in [0.5, 0.6) is 0 Å². The molecule has 1 heterocycles. The summed E-state index contributed by atoms with van der Waals surface area (Å²) < 4.78 is 5.47. The zero-order chi connectivity index (χ0) is 15.8. The summed E-state index contributed by atoms with van der Waals surface area (Å²) >= 11 is 0. The van der Waals surface area contributed by atoms with Gasteiger partial charge in [-0.2, -0.15) is 0 Å². The second kappa shape index (κ2) is 10.8. The standard InChI is InChI=1S/C17H28N4O.HI/c1-3-20(4-2)17(18)19-14-16(15-8-6-5-7-9-15)21-10-12-22-13-11-21;/h5-9,16H,3-4,10-14H2,1-2H3,(H2,18,19);1H. The van der Waals surface area contributed by atoms with Crippen LogP contribution in [-0.4, -0.2) is 61.7 Å². The molecule has 0 saturated carbocycles. The van der Waals surface area contributed by atoms with E-state index in [0.717, 1.165) is 39.4 Å². The highest BCUT2D eigenvalue weighted by Crippen LogP contribution is 2.22. The van der Waals surface area contributed by atoms with Crippen LogP contribution >= 0.6 is 24.0 Å². The van der Waals surface area contributed by atoms with E-state index in [9.17, 15) is 0 Å². The molecule has 0 aromatic heterocycles. The third kappa shape index (κ3) is 5.93. The minimum atomic E-state index is 0. The lowest BCUT2D eigenvalue weighted by molar-refractivity contribution is 0.0179. The average Bonchev–Trinajstić information content (AvgIpc) is 2.58. The van der Waals surface area contributed by atoms with Gasteiger partial charge in [0, 0.05) is 26.2 Å². The number of benzene rings is 1. The van der Waals surface area contributed by atoms with Crippen LogP contribution in [0.25, 0.3) is 0 Å². The van der Waals surface area contributed by atoms with Gasteiger partial charge in [-0.15, -0.1) is 24.0 Å². The SMILES string of the molecule is CCN(CC)C(N)=NCC(c1ccccc1)N1CCOCC1.I. The van der Waals surface area contributed by atoms with Gasteiger partial charge in [0.15, 0.2) is 5.96 Å². The molecule has 1 aliphatic heterocycles. The van der Waals surface area contributed by atoms with Gasteiger partial charge >= 0.3 is 0 Å². The number of halogens is 1. The summed E-state index contributed by atoms with van der Waals surface area (Å²) in [4.78, 5) is 9.18. The normalized spacial score (nSPS) is 17.4. The molecule has 0 amide bonds. The Morgan fingerprint density at radius 2 is 1.83 bits per heavy atom. The molecular weight excluding hydrogens is 403 g/mol. The van der Waals surface area contributed by atoms with E-state index in [4.69, 9.17) is 10.5 Å². The van der Waals surface area contributed by atoms with Crippen molar-refractivity contribution in [3.63, 3.8) is 0 Å². The number of aliphatic imine (C=N–C) groups is 1. The molecule has 6 heteroatoms. The first-order chi connectivity index (χ1) is 10.8. The van der Waals surface area contributed by atoms with Crippen molar-refractivity contribution in [1.29, 1.82) is 0 Å². The fraction of sp³-hybridized carbons (Fsp3) is 0.588. The molecule has 0 spiro atoms. The first kappa shape index (κ1) is 20.2. The highest BCUT2D eigenvalue weighted by atomic mass is 127. The highest BCUT2D eigenvalue weighted by molar-refractivity contribution is 14.0. The van der Waals surface area contributed by atoms with Crippen molar-refractivity contribution in [2.24, 2.45) is 10.7 Å². The molecular formula is C17H29IN4O. The quantitative estimate of drug-likeness (QED) is 0.426. The minimum absolute atomic E-state index is 0. The third-order valence-corrected chi connectivity index (χ3v) is 4.18. The van der Waals surface area contributed by atoms with Crippen molar-refractivity contribution in [2.75, 3.05) is 45.9 Å². The van der Waals surface area contributed by atoms with Crippen LogP contribution in [0.15, 0.2) is 35.3 Å². The van der Waals surface area contributed by atoms with E-state index in [1.165, 1.54) is 5.56 Å². The topological polar surface area (TPSA) is 54.1 Å². The fourth-order valence-electron chi connectivity index (χ4n) is 2.82. The maximum atomic E-state index is 6.13. The van der Waals surface area contributed by atoms with Gasteiger partial charge in [0.2, 0.25) is 0 Å². The zero-order valence-electron chi connectivity index (χ0n) is 14.1. The first-order valence-corrected chi connectivity index (χ1v) is 8.17. The Hall–Kier alpha value is -0.860. The van der Waals surface area contributed by atoms with Gasteiger partial charge in [0.1, 0.15) is 0 Å². The average molecular weight is 432 g/mol. The number of hydrogen-bond acceptors (Lipinski definition) is 3. The smallest absolute Gasteiger partial charge is 0.191 e. The summed E-state index contributed by atoms with van der Waals surface area (Å²) in [5, 5.41) is 0. The predicted octanol–water partition coefficient (Wildman–Crippen LogP) is 2.33. The minimum Gasteiger partial charge on any atom is -0.379 e. The van der Waals surface area contributed by atoms with Crippen molar-refractivity contribution >= 4 is 29.9 Å². The molecule has 1 saturated heterocycles. The van der Waals surface area contributed by atoms with Crippen molar-refractivity contribution in [1.82, 2.24) is 9.80 Å². The second-order valence-corrected chi connectivity index (χ2v) is 5.45. The third-order valence-electron chi connectivity index (χ3n) is 4.18.